The number of imide groups is 1. The molecule has 3 N–H and O–H groups in total. The van der Waals surface area contributed by atoms with Crippen molar-refractivity contribution in [1.82, 2.24) is 15.5 Å². The van der Waals surface area contributed by atoms with Gasteiger partial charge in [-0.3, -0.25) is 14.5 Å². The normalized spacial score (nSPS) is 15.9. The van der Waals surface area contributed by atoms with Crippen LogP contribution in [0, 0.1) is 0 Å². The van der Waals surface area contributed by atoms with Gasteiger partial charge in [0.1, 0.15) is 6.04 Å². The topological polar surface area (TPSA) is 116 Å². The summed E-state index contributed by atoms with van der Waals surface area (Å²) in [6.45, 7) is 1.60. The second-order valence-corrected chi connectivity index (χ2v) is 5.42. The third-order valence-electron chi connectivity index (χ3n) is 2.62. The van der Waals surface area contributed by atoms with E-state index in [1.807, 2.05) is 0 Å². The Morgan fingerprint density at radius 1 is 1.45 bits per heavy atom. The first-order valence-corrected chi connectivity index (χ1v) is 7.23. The van der Waals surface area contributed by atoms with Crippen LogP contribution in [0.15, 0.2) is 0 Å². The summed E-state index contributed by atoms with van der Waals surface area (Å²) in [7, 11) is 0. The lowest BCUT2D eigenvalue weighted by Crippen LogP contribution is -2.40. The molecule has 0 bridgehead atoms. The number of carboxylic acids is 1. The van der Waals surface area contributed by atoms with E-state index in [4.69, 9.17) is 5.11 Å². The van der Waals surface area contributed by atoms with Crippen molar-refractivity contribution in [2.24, 2.45) is 0 Å². The molecule has 1 atom stereocenters. The highest BCUT2D eigenvalue weighted by Crippen LogP contribution is 2.08. The summed E-state index contributed by atoms with van der Waals surface area (Å²) in [5, 5.41) is 13.7. The molecule has 4 amide bonds. The molecule has 1 rings (SSSR count). The number of carbonyl (C=O) groups excluding carboxylic acids is 3. The second-order valence-electron chi connectivity index (χ2n) is 4.20. The zero-order valence-electron chi connectivity index (χ0n) is 11.0. The summed E-state index contributed by atoms with van der Waals surface area (Å²) >= 11 is 1.43. The maximum atomic E-state index is 11.3. The number of carboxylic acid groups (broad SMARTS) is 1. The number of nitrogens with zero attached hydrogens (tertiary/aromatic N) is 1. The van der Waals surface area contributed by atoms with Crippen LogP contribution in [0.3, 0.4) is 0 Å². The number of amides is 4. The minimum absolute atomic E-state index is 0.0348. The van der Waals surface area contributed by atoms with Gasteiger partial charge in [0.25, 0.3) is 0 Å². The molecule has 1 saturated heterocycles. The van der Waals surface area contributed by atoms with E-state index in [0.717, 1.165) is 4.90 Å². The average molecular weight is 303 g/mol. The Labute approximate surface area is 120 Å². The Morgan fingerprint density at radius 3 is 2.65 bits per heavy atom. The lowest BCUT2D eigenvalue weighted by molar-refractivity contribution is -0.141. The third-order valence-corrected chi connectivity index (χ3v) is 3.62. The van der Waals surface area contributed by atoms with Crippen LogP contribution in [-0.4, -0.2) is 64.5 Å². The second kappa shape index (κ2) is 7.73. The van der Waals surface area contributed by atoms with Crippen LogP contribution in [0.2, 0.25) is 0 Å². The van der Waals surface area contributed by atoms with E-state index < -0.39 is 18.0 Å². The molecule has 1 unspecified atom stereocenters. The van der Waals surface area contributed by atoms with Gasteiger partial charge in [-0.25, -0.2) is 9.59 Å². The molecule has 9 heteroatoms. The van der Waals surface area contributed by atoms with Crippen LogP contribution in [0.25, 0.3) is 0 Å². The molecule has 112 valence electrons. The minimum Gasteiger partial charge on any atom is -0.480 e. The van der Waals surface area contributed by atoms with Crippen LogP contribution in [0.5, 0.6) is 0 Å². The Morgan fingerprint density at radius 2 is 2.15 bits per heavy atom. The molecule has 0 saturated carbocycles. The number of carbonyl (C=O) groups is 4. The molecule has 8 nitrogen and oxygen atoms in total. The molecule has 1 aliphatic heterocycles. The largest absolute Gasteiger partial charge is 0.480 e. The Bertz CT molecular complexity index is 399. The fraction of sp³-hybridized carbons (Fsp3) is 0.636. The van der Waals surface area contributed by atoms with Crippen LogP contribution < -0.4 is 10.6 Å². The van der Waals surface area contributed by atoms with Crippen molar-refractivity contribution in [2.45, 2.75) is 19.4 Å². The van der Waals surface area contributed by atoms with E-state index in [1.165, 1.54) is 18.7 Å². The van der Waals surface area contributed by atoms with Crippen molar-refractivity contribution in [3.63, 3.8) is 0 Å². The molecule has 0 aromatic heterocycles. The zero-order chi connectivity index (χ0) is 15.1. The van der Waals surface area contributed by atoms with Gasteiger partial charge in [0, 0.05) is 19.2 Å². The predicted octanol–water partition coefficient (Wildman–Crippen LogP) is -0.749. The zero-order valence-corrected chi connectivity index (χ0v) is 11.9. The molecule has 1 heterocycles. The molecule has 0 aromatic carbocycles. The highest BCUT2D eigenvalue weighted by Gasteiger charge is 2.27. The molecule has 1 aliphatic rings. The first-order valence-electron chi connectivity index (χ1n) is 6.07. The van der Waals surface area contributed by atoms with Crippen molar-refractivity contribution >= 4 is 35.6 Å². The van der Waals surface area contributed by atoms with Crippen molar-refractivity contribution in [3.05, 3.63) is 0 Å². The van der Waals surface area contributed by atoms with Crippen LogP contribution in [0.4, 0.5) is 4.79 Å². The fourth-order valence-electron chi connectivity index (χ4n) is 1.64. The Hall–Kier alpha value is -1.77. The van der Waals surface area contributed by atoms with Crippen LogP contribution in [-0.2, 0) is 14.4 Å². The van der Waals surface area contributed by atoms with Crippen molar-refractivity contribution in [3.8, 4) is 0 Å². The lowest BCUT2D eigenvalue weighted by Gasteiger charge is -2.14. The first kappa shape index (κ1) is 16.3. The number of hydrogen-bond donors (Lipinski definition) is 3. The van der Waals surface area contributed by atoms with Gasteiger partial charge in [0.15, 0.2) is 0 Å². The molecule has 0 aromatic rings. The number of urea groups is 1. The van der Waals surface area contributed by atoms with Gasteiger partial charge >= 0.3 is 12.0 Å². The highest BCUT2D eigenvalue weighted by molar-refractivity contribution is 7.99. The van der Waals surface area contributed by atoms with Crippen LogP contribution in [0.1, 0.15) is 13.3 Å². The Balaban J connectivity index is 2.20. The predicted molar refractivity (Wildman–Crippen MR) is 72.3 cm³/mol. The number of thioether (sulfide) groups is 1. The standard InChI is InChI=1S/C11H17N3O5S/c1-7(15)13-8(10(17)18)2-4-20-5-3-14-9(16)6-12-11(14)19/h8H,2-6H2,1H3,(H,12,19)(H,13,15)(H,17,18). The van der Waals surface area contributed by atoms with Crippen molar-refractivity contribution in [2.75, 3.05) is 24.6 Å². The summed E-state index contributed by atoms with van der Waals surface area (Å²) in [6.07, 6.45) is 0.291. The quantitative estimate of drug-likeness (QED) is 0.401. The summed E-state index contributed by atoms with van der Waals surface area (Å²) in [6, 6.07) is -1.30. The van der Waals surface area contributed by atoms with E-state index in [0.29, 0.717) is 24.5 Å². The number of aliphatic carboxylic acids is 1. The van der Waals surface area contributed by atoms with E-state index in [2.05, 4.69) is 10.6 Å². The van der Waals surface area contributed by atoms with E-state index >= 15 is 0 Å². The molecule has 1 fully saturated rings. The first-order chi connectivity index (χ1) is 9.41. The van der Waals surface area contributed by atoms with Gasteiger partial charge in [-0.1, -0.05) is 0 Å². The number of rotatable bonds is 8. The van der Waals surface area contributed by atoms with Crippen molar-refractivity contribution in [1.29, 1.82) is 0 Å². The average Bonchev–Trinajstić information content (AvgIpc) is 2.67. The van der Waals surface area contributed by atoms with E-state index in [-0.39, 0.29) is 18.4 Å². The number of nitrogens with one attached hydrogen (secondary N) is 2. The van der Waals surface area contributed by atoms with Gasteiger partial charge in [-0.15, -0.1) is 0 Å². The molecule has 0 spiro atoms. The molecular formula is C11H17N3O5S. The van der Waals surface area contributed by atoms with Gasteiger partial charge in [-0.05, 0) is 12.2 Å². The Kier molecular flexibility index (Phi) is 6.29. The summed E-state index contributed by atoms with van der Waals surface area (Å²) < 4.78 is 0. The smallest absolute Gasteiger partial charge is 0.326 e. The SMILES string of the molecule is CC(=O)NC(CCSCCN1C(=O)CNC1=O)C(=O)O. The lowest BCUT2D eigenvalue weighted by atomic mass is 10.2. The van der Waals surface area contributed by atoms with Gasteiger partial charge < -0.3 is 15.7 Å². The molecule has 20 heavy (non-hydrogen) atoms. The fourth-order valence-corrected chi connectivity index (χ4v) is 2.56. The minimum atomic E-state index is -1.07. The summed E-state index contributed by atoms with van der Waals surface area (Å²) in [5.74, 6) is -0.666. The maximum Gasteiger partial charge on any atom is 0.326 e. The third kappa shape index (κ3) is 5.08. The van der Waals surface area contributed by atoms with E-state index in [1.54, 1.807) is 0 Å². The maximum absolute atomic E-state index is 11.3. The van der Waals surface area contributed by atoms with E-state index in [9.17, 15) is 19.2 Å². The van der Waals surface area contributed by atoms with Gasteiger partial charge in [0.05, 0.1) is 6.54 Å². The van der Waals surface area contributed by atoms with Crippen molar-refractivity contribution < 1.29 is 24.3 Å². The highest BCUT2D eigenvalue weighted by atomic mass is 32.2. The molecular weight excluding hydrogens is 286 g/mol. The van der Waals surface area contributed by atoms with Gasteiger partial charge in [0.2, 0.25) is 11.8 Å². The van der Waals surface area contributed by atoms with Crippen LogP contribution >= 0.6 is 11.8 Å². The monoisotopic (exact) mass is 303 g/mol. The number of hydrogen-bond acceptors (Lipinski definition) is 5. The summed E-state index contributed by atoms with van der Waals surface area (Å²) in [5.41, 5.74) is 0. The molecule has 0 aliphatic carbocycles. The summed E-state index contributed by atoms with van der Waals surface area (Å²) in [4.78, 5) is 45.3. The van der Waals surface area contributed by atoms with Gasteiger partial charge in [-0.2, -0.15) is 11.8 Å². The molecule has 0 radical (unpaired) electrons.